The number of anilines is 1. The van der Waals surface area contributed by atoms with Gasteiger partial charge in [-0.25, -0.2) is 17.6 Å². The molecule has 1 aromatic rings. The molecule has 0 heterocycles. The Bertz CT molecular complexity index is 508. The van der Waals surface area contributed by atoms with Crippen LogP contribution >= 0.6 is 0 Å². The molecule has 0 atom stereocenters. The highest BCUT2D eigenvalue weighted by molar-refractivity contribution is 5.50. The zero-order valence-electron chi connectivity index (χ0n) is 9.63. The van der Waals surface area contributed by atoms with Gasteiger partial charge in [-0.1, -0.05) is 0 Å². The highest BCUT2D eigenvalue weighted by Crippen LogP contribution is 2.42. The van der Waals surface area contributed by atoms with Gasteiger partial charge >= 0.3 is 12.2 Å². The number of rotatable bonds is 3. The van der Waals surface area contributed by atoms with E-state index < -0.39 is 52.6 Å². The molecule has 0 saturated heterocycles. The van der Waals surface area contributed by atoms with E-state index in [9.17, 15) is 39.5 Å². The summed E-state index contributed by atoms with van der Waals surface area (Å²) in [4.78, 5) is -0.909. The van der Waals surface area contributed by atoms with Crippen LogP contribution in [-0.4, -0.2) is 18.8 Å². The Morgan fingerprint density at radius 2 is 1.40 bits per heavy atom. The van der Waals surface area contributed by atoms with Gasteiger partial charge in [0.15, 0.2) is 23.3 Å². The molecule has 0 aromatic heterocycles. The third kappa shape index (κ3) is 2.50. The van der Waals surface area contributed by atoms with Crippen molar-refractivity contribution in [1.29, 1.82) is 0 Å². The lowest BCUT2D eigenvalue weighted by Gasteiger charge is -2.33. The Labute approximate surface area is 106 Å². The first-order valence-corrected chi connectivity index (χ1v) is 5.00. The maximum absolute atomic E-state index is 13.3. The molecule has 0 aliphatic rings. The van der Waals surface area contributed by atoms with Gasteiger partial charge in [-0.3, -0.25) is 0 Å². The third-order valence-electron chi connectivity index (χ3n) is 2.37. The van der Waals surface area contributed by atoms with Crippen LogP contribution in [0.2, 0.25) is 0 Å². The molecule has 0 amide bonds. The number of halogens is 9. The second-order valence-corrected chi connectivity index (χ2v) is 3.60. The Kier molecular flexibility index (Phi) is 4.16. The van der Waals surface area contributed by atoms with Crippen LogP contribution in [0.15, 0.2) is 6.07 Å². The molecule has 0 unspecified atom stereocenters. The van der Waals surface area contributed by atoms with Gasteiger partial charge in [0.25, 0.3) is 0 Å². The molecule has 0 N–H and O–H groups in total. The van der Waals surface area contributed by atoms with E-state index in [2.05, 4.69) is 0 Å². The molecule has 0 saturated carbocycles. The van der Waals surface area contributed by atoms with Crippen LogP contribution < -0.4 is 4.90 Å². The molecule has 0 bridgehead atoms. The van der Waals surface area contributed by atoms with Crippen LogP contribution in [-0.2, 0) is 0 Å². The fourth-order valence-electron chi connectivity index (χ4n) is 1.43. The molecule has 1 rings (SSSR count). The maximum Gasteiger partial charge on any atom is 0.475 e. The summed E-state index contributed by atoms with van der Waals surface area (Å²) in [7, 11) is 0. The van der Waals surface area contributed by atoms with Gasteiger partial charge in [0.1, 0.15) is 0 Å². The summed E-state index contributed by atoms with van der Waals surface area (Å²) in [6, 6.07) is -5.85. The SMILES string of the molecule is CCN(c1cc(F)c(F)c(F)c1F)C(F)(F)C(F)(F)F. The van der Waals surface area contributed by atoms with Crippen molar-refractivity contribution >= 4 is 5.69 Å². The van der Waals surface area contributed by atoms with Crippen LogP contribution in [0, 0.1) is 23.3 Å². The van der Waals surface area contributed by atoms with Crippen molar-refractivity contribution < 1.29 is 39.5 Å². The van der Waals surface area contributed by atoms with Gasteiger partial charge in [0, 0.05) is 12.6 Å². The van der Waals surface area contributed by atoms with Gasteiger partial charge in [-0.05, 0) is 6.92 Å². The Hall–Kier alpha value is -1.61. The first-order chi connectivity index (χ1) is 8.95. The standard InChI is InChI=1S/C10H6F9N/c1-2-20(10(18,19)9(15,16)17)5-3-4(11)6(12)8(14)7(5)13/h3H,2H2,1H3. The van der Waals surface area contributed by atoms with Gasteiger partial charge in [-0.2, -0.15) is 22.0 Å². The van der Waals surface area contributed by atoms with Gasteiger partial charge in [0.2, 0.25) is 0 Å². The highest BCUT2D eigenvalue weighted by atomic mass is 19.4. The largest absolute Gasteiger partial charge is 0.475 e. The lowest BCUT2D eigenvalue weighted by Crippen LogP contribution is -2.53. The molecule has 10 heteroatoms. The summed E-state index contributed by atoms with van der Waals surface area (Å²) in [6.07, 6.45) is -6.11. The zero-order valence-corrected chi connectivity index (χ0v) is 9.63. The minimum atomic E-state index is -6.11. The van der Waals surface area contributed by atoms with Crippen molar-refractivity contribution in [3.05, 3.63) is 29.3 Å². The van der Waals surface area contributed by atoms with Crippen molar-refractivity contribution in [3.63, 3.8) is 0 Å². The number of nitrogens with zero attached hydrogens (tertiary/aromatic N) is 1. The van der Waals surface area contributed by atoms with Crippen LogP contribution in [0.1, 0.15) is 6.92 Å². The topological polar surface area (TPSA) is 3.24 Å². The molecule has 0 radical (unpaired) electrons. The smallest absolute Gasteiger partial charge is 0.303 e. The first-order valence-electron chi connectivity index (χ1n) is 5.00. The fourth-order valence-corrected chi connectivity index (χ4v) is 1.43. The van der Waals surface area contributed by atoms with Gasteiger partial charge in [-0.15, -0.1) is 0 Å². The molecule has 0 fully saturated rings. The number of hydrogen-bond donors (Lipinski definition) is 0. The van der Waals surface area contributed by atoms with E-state index in [-0.39, 0.29) is 6.07 Å². The lowest BCUT2D eigenvalue weighted by molar-refractivity contribution is -0.281. The normalized spacial score (nSPS) is 12.7. The van der Waals surface area contributed by atoms with E-state index in [1.165, 1.54) is 0 Å². The predicted molar refractivity (Wildman–Crippen MR) is 50.3 cm³/mol. The van der Waals surface area contributed by atoms with Crippen LogP contribution in [0.4, 0.5) is 45.2 Å². The van der Waals surface area contributed by atoms with Crippen molar-refractivity contribution in [3.8, 4) is 0 Å². The average Bonchev–Trinajstić information content (AvgIpc) is 2.32. The number of hydrogen-bond acceptors (Lipinski definition) is 1. The molecule has 114 valence electrons. The summed E-state index contributed by atoms with van der Waals surface area (Å²) in [5.74, 6) is -9.21. The van der Waals surface area contributed by atoms with Gasteiger partial charge in [0.05, 0.1) is 5.69 Å². The van der Waals surface area contributed by atoms with Crippen molar-refractivity contribution in [1.82, 2.24) is 0 Å². The molecule has 0 aliphatic heterocycles. The average molecular weight is 311 g/mol. The summed E-state index contributed by atoms with van der Waals surface area (Å²) < 4.78 is 115. The Balaban J connectivity index is 3.49. The Morgan fingerprint density at radius 1 is 0.900 bits per heavy atom. The second-order valence-electron chi connectivity index (χ2n) is 3.60. The number of alkyl halides is 5. The highest BCUT2D eigenvalue weighted by Gasteiger charge is 2.62. The molecular weight excluding hydrogens is 305 g/mol. The van der Waals surface area contributed by atoms with E-state index in [4.69, 9.17) is 0 Å². The number of benzene rings is 1. The zero-order chi connectivity index (χ0) is 15.9. The van der Waals surface area contributed by atoms with Crippen LogP contribution in [0.25, 0.3) is 0 Å². The lowest BCUT2D eigenvalue weighted by atomic mass is 10.2. The molecule has 0 aliphatic carbocycles. The van der Waals surface area contributed by atoms with E-state index in [1.807, 2.05) is 0 Å². The quantitative estimate of drug-likeness (QED) is 0.349. The van der Waals surface area contributed by atoms with Gasteiger partial charge < -0.3 is 4.90 Å². The molecule has 1 nitrogen and oxygen atoms in total. The molecule has 1 aromatic carbocycles. The second kappa shape index (κ2) is 5.06. The minimum Gasteiger partial charge on any atom is -0.303 e. The maximum atomic E-state index is 13.3. The fraction of sp³-hybridized carbons (Fsp3) is 0.400. The summed E-state index contributed by atoms with van der Waals surface area (Å²) >= 11 is 0. The summed E-state index contributed by atoms with van der Waals surface area (Å²) in [6.45, 7) is -0.355. The third-order valence-corrected chi connectivity index (χ3v) is 2.37. The van der Waals surface area contributed by atoms with Crippen LogP contribution in [0.3, 0.4) is 0 Å². The van der Waals surface area contributed by atoms with Crippen molar-refractivity contribution in [2.24, 2.45) is 0 Å². The summed E-state index contributed by atoms with van der Waals surface area (Å²) in [5.41, 5.74) is -1.73. The molecule has 20 heavy (non-hydrogen) atoms. The predicted octanol–water partition coefficient (Wildman–Crippen LogP) is 4.22. The van der Waals surface area contributed by atoms with E-state index >= 15 is 0 Å². The van der Waals surface area contributed by atoms with E-state index in [1.54, 1.807) is 0 Å². The van der Waals surface area contributed by atoms with Crippen LogP contribution in [0.5, 0.6) is 0 Å². The van der Waals surface area contributed by atoms with Crippen molar-refractivity contribution in [2.45, 2.75) is 19.1 Å². The monoisotopic (exact) mass is 311 g/mol. The minimum absolute atomic E-state index is 0.267. The first kappa shape index (κ1) is 16.4. The molecular formula is C10H6F9N. The van der Waals surface area contributed by atoms with E-state index in [0.717, 1.165) is 6.92 Å². The molecule has 0 spiro atoms. The van der Waals surface area contributed by atoms with E-state index in [0.29, 0.717) is 0 Å². The Morgan fingerprint density at radius 3 is 1.80 bits per heavy atom. The van der Waals surface area contributed by atoms with Crippen molar-refractivity contribution in [2.75, 3.05) is 11.4 Å². The summed E-state index contributed by atoms with van der Waals surface area (Å²) in [5, 5.41) is 0.